The van der Waals surface area contributed by atoms with Crippen molar-refractivity contribution in [3.05, 3.63) is 40.4 Å². The molecule has 0 radical (unpaired) electrons. The number of amides is 2. The number of nitrogens with zero attached hydrogens (tertiary/aromatic N) is 2. The minimum Gasteiger partial charge on any atom is -0.352 e. The topological polar surface area (TPSA) is 84.0 Å². The Balaban J connectivity index is 1.69. The Morgan fingerprint density at radius 2 is 1.78 bits per heavy atom. The second kappa shape index (κ2) is 8.38. The van der Waals surface area contributed by atoms with Gasteiger partial charge in [-0.25, -0.2) is 0 Å². The Morgan fingerprint density at radius 3 is 2.43 bits per heavy atom. The molecule has 1 aromatic carbocycles. The number of carbonyl (C=O) groups is 2. The van der Waals surface area contributed by atoms with Crippen molar-refractivity contribution in [1.82, 2.24) is 15.5 Å². The molecule has 122 valence electrons. The van der Waals surface area contributed by atoms with E-state index in [1.54, 1.807) is 0 Å². The Kier molecular flexibility index (Phi) is 6.22. The summed E-state index contributed by atoms with van der Waals surface area (Å²) in [5, 5.41) is 14.6. The van der Waals surface area contributed by atoms with E-state index < -0.39 is 0 Å². The highest BCUT2D eigenvalue weighted by Crippen LogP contribution is 2.15. The summed E-state index contributed by atoms with van der Waals surface area (Å²) in [4.78, 5) is 23.5. The molecule has 7 heteroatoms. The molecule has 2 amide bonds. The molecule has 0 spiro atoms. The summed E-state index contributed by atoms with van der Waals surface area (Å²) < 4.78 is 0. The van der Waals surface area contributed by atoms with E-state index in [0.717, 1.165) is 17.0 Å². The highest BCUT2D eigenvalue weighted by molar-refractivity contribution is 7.15. The number of benzene rings is 1. The second-order valence-electron chi connectivity index (χ2n) is 5.17. The predicted octanol–water partition coefficient (Wildman–Crippen LogP) is 2.44. The van der Waals surface area contributed by atoms with Gasteiger partial charge in [0.2, 0.25) is 16.9 Å². The molecule has 1 heterocycles. The van der Waals surface area contributed by atoms with Crippen LogP contribution in [0.2, 0.25) is 0 Å². The van der Waals surface area contributed by atoms with Crippen LogP contribution in [0, 0.1) is 6.92 Å². The molecule has 0 aliphatic rings. The number of carbonyl (C=O) groups excluding carboxylic acids is 2. The quantitative estimate of drug-likeness (QED) is 0.816. The summed E-state index contributed by atoms with van der Waals surface area (Å²) in [5.41, 5.74) is 2.22. The number of rotatable bonds is 7. The van der Waals surface area contributed by atoms with Gasteiger partial charge in [-0.1, -0.05) is 48.1 Å². The number of hydrogen-bond acceptors (Lipinski definition) is 5. The number of hydrogen-bond donors (Lipinski definition) is 2. The monoisotopic (exact) mass is 332 g/mol. The average Bonchev–Trinajstić information content (AvgIpc) is 3.00. The highest BCUT2D eigenvalue weighted by Gasteiger charge is 2.10. The maximum atomic E-state index is 11.8. The minimum absolute atomic E-state index is 0.126. The molecule has 23 heavy (non-hydrogen) atoms. The molecule has 0 saturated carbocycles. The normalized spacial score (nSPS) is 10.3. The van der Waals surface area contributed by atoms with Crippen LogP contribution >= 0.6 is 11.3 Å². The molecular formula is C16H20N4O2S. The fourth-order valence-electron chi connectivity index (χ4n) is 1.85. The molecule has 0 atom stereocenters. The van der Waals surface area contributed by atoms with E-state index in [-0.39, 0.29) is 24.7 Å². The van der Waals surface area contributed by atoms with Crippen LogP contribution in [0.3, 0.4) is 0 Å². The zero-order valence-corrected chi connectivity index (χ0v) is 14.1. The molecular weight excluding hydrogens is 312 g/mol. The van der Waals surface area contributed by atoms with Crippen LogP contribution in [0.5, 0.6) is 0 Å². The second-order valence-corrected chi connectivity index (χ2v) is 6.23. The third-order valence-electron chi connectivity index (χ3n) is 3.21. The van der Waals surface area contributed by atoms with E-state index in [4.69, 9.17) is 0 Å². The molecule has 0 aliphatic heterocycles. The lowest BCUT2D eigenvalue weighted by molar-refractivity contribution is -0.124. The van der Waals surface area contributed by atoms with Gasteiger partial charge in [0.15, 0.2) is 0 Å². The minimum atomic E-state index is -0.228. The van der Waals surface area contributed by atoms with Crippen molar-refractivity contribution in [2.45, 2.75) is 39.7 Å². The fraction of sp³-hybridized carbons (Fsp3) is 0.375. The molecule has 0 aliphatic carbocycles. The van der Waals surface area contributed by atoms with Gasteiger partial charge in [-0.2, -0.15) is 0 Å². The summed E-state index contributed by atoms with van der Waals surface area (Å²) in [6.45, 7) is 4.46. The summed E-state index contributed by atoms with van der Waals surface area (Å²) in [7, 11) is 0. The van der Waals surface area contributed by atoms with E-state index in [1.807, 2.05) is 38.1 Å². The number of aromatic nitrogens is 2. The van der Waals surface area contributed by atoms with Crippen LogP contribution < -0.4 is 10.6 Å². The smallest absolute Gasteiger partial charge is 0.226 e. The maximum Gasteiger partial charge on any atom is 0.226 e. The lowest BCUT2D eigenvalue weighted by Crippen LogP contribution is -2.24. The Hall–Kier alpha value is -2.28. The number of nitrogens with one attached hydrogen (secondary N) is 2. The van der Waals surface area contributed by atoms with Crippen molar-refractivity contribution in [3.63, 3.8) is 0 Å². The van der Waals surface area contributed by atoms with Crippen LogP contribution in [0.15, 0.2) is 24.3 Å². The van der Waals surface area contributed by atoms with Gasteiger partial charge in [-0.3, -0.25) is 9.59 Å². The van der Waals surface area contributed by atoms with Gasteiger partial charge in [0.1, 0.15) is 5.01 Å². The first kappa shape index (κ1) is 17.1. The number of anilines is 1. The average molecular weight is 332 g/mol. The van der Waals surface area contributed by atoms with Crippen molar-refractivity contribution in [3.8, 4) is 0 Å². The van der Waals surface area contributed by atoms with Crippen LogP contribution in [0.25, 0.3) is 0 Å². The third-order valence-corrected chi connectivity index (χ3v) is 4.19. The molecule has 1 aromatic heterocycles. The molecule has 0 saturated heterocycles. The van der Waals surface area contributed by atoms with Crippen LogP contribution in [-0.4, -0.2) is 22.0 Å². The molecule has 2 rings (SSSR count). The first-order chi connectivity index (χ1) is 11.1. The van der Waals surface area contributed by atoms with Gasteiger partial charge in [-0.15, -0.1) is 10.2 Å². The van der Waals surface area contributed by atoms with Gasteiger partial charge in [0.05, 0.1) is 0 Å². The highest BCUT2D eigenvalue weighted by atomic mass is 32.1. The maximum absolute atomic E-state index is 11.8. The van der Waals surface area contributed by atoms with Gasteiger partial charge < -0.3 is 10.6 Å². The van der Waals surface area contributed by atoms with Gasteiger partial charge in [0.25, 0.3) is 0 Å². The van der Waals surface area contributed by atoms with E-state index in [1.165, 1.54) is 16.9 Å². The van der Waals surface area contributed by atoms with Crippen molar-refractivity contribution in [2.75, 3.05) is 5.32 Å². The summed E-state index contributed by atoms with van der Waals surface area (Å²) in [6.07, 6.45) is 1.06. The lowest BCUT2D eigenvalue weighted by atomic mass is 10.1. The summed E-state index contributed by atoms with van der Waals surface area (Å²) in [6, 6.07) is 7.95. The molecule has 2 N–H and O–H groups in total. The number of aryl methyl sites for hydroxylation is 2. The third kappa shape index (κ3) is 5.78. The van der Waals surface area contributed by atoms with Gasteiger partial charge in [-0.05, 0) is 18.9 Å². The van der Waals surface area contributed by atoms with E-state index in [2.05, 4.69) is 20.8 Å². The zero-order valence-electron chi connectivity index (χ0n) is 13.3. The van der Waals surface area contributed by atoms with Crippen molar-refractivity contribution in [1.29, 1.82) is 0 Å². The van der Waals surface area contributed by atoms with Gasteiger partial charge in [0, 0.05) is 19.4 Å². The molecule has 0 unspecified atom stereocenters. The van der Waals surface area contributed by atoms with Crippen LogP contribution in [0.1, 0.15) is 35.9 Å². The van der Waals surface area contributed by atoms with Crippen LogP contribution in [0.4, 0.5) is 5.13 Å². The Bertz CT molecular complexity index is 667. The Morgan fingerprint density at radius 1 is 1.09 bits per heavy atom. The van der Waals surface area contributed by atoms with E-state index in [0.29, 0.717) is 11.7 Å². The molecule has 6 nitrogen and oxygen atoms in total. The predicted molar refractivity (Wildman–Crippen MR) is 90.2 cm³/mol. The molecule has 0 fully saturated rings. The fourth-order valence-corrected chi connectivity index (χ4v) is 2.55. The van der Waals surface area contributed by atoms with Crippen LogP contribution in [-0.2, 0) is 22.6 Å². The summed E-state index contributed by atoms with van der Waals surface area (Å²) in [5.74, 6) is -0.374. The molecule has 0 bridgehead atoms. The zero-order chi connectivity index (χ0) is 16.7. The van der Waals surface area contributed by atoms with E-state index >= 15 is 0 Å². The molecule has 2 aromatic rings. The summed E-state index contributed by atoms with van der Waals surface area (Å²) >= 11 is 1.35. The first-order valence-electron chi connectivity index (χ1n) is 7.51. The standard InChI is InChI=1S/C16H20N4O2S/c1-3-15-19-20-16(23-15)18-14(22)9-8-13(21)17-10-12-6-4-11(2)5-7-12/h4-7H,3,8-10H2,1-2H3,(H,17,21)(H,18,20,22). The van der Waals surface area contributed by atoms with E-state index in [9.17, 15) is 9.59 Å². The Labute approximate surface area is 139 Å². The van der Waals surface area contributed by atoms with Crippen molar-refractivity contribution >= 4 is 28.3 Å². The van der Waals surface area contributed by atoms with Crippen molar-refractivity contribution < 1.29 is 9.59 Å². The van der Waals surface area contributed by atoms with Crippen molar-refractivity contribution in [2.24, 2.45) is 0 Å². The van der Waals surface area contributed by atoms with Gasteiger partial charge >= 0.3 is 0 Å². The SMILES string of the molecule is CCc1nnc(NC(=O)CCC(=O)NCc2ccc(C)cc2)s1. The lowest BCUT2D eigenvalue weighted by Gasteiger charge is -2.05. The largest absolute Gasteiger partial charge is 0.352 e. The first-order valence-corrected chi connectivity index (χ1v) is 8.33.